The van der Waals surface area contributed by atoms with E-state index < -0.39 is 38.8 Å². The monoisotopic (exact) mass is 421 g/mol. The predicted octanol–water partition coefficient (Wildman–Crippen LogP) is 2.36. The van der Waals surface area contributed by atoms with Crippen LogP contribution in [0.5, 0.6) is 0 Å². The molecule has 7 nitrogen and oxygen atoms in total. The number of fused-ring (bicyclic) bond motifs is 1. The fraction of sp³-hybridized carbons (Fsp3) is 0.316. The first-order chi connectivity index (χ1) is 13.2. The van der Waals surface area contributed by atoms with Crippen molar-refractivity contribution < 1.29 is 18.1 Å². The second-order valence-electron chi connectivity index (χ2n) is 7.32. The molecule has 3 rings (SSSR count). The fourth-order valence-electron chi connectivity index (χ4n) is 2.76. The lowest BCUT2D eigenvalue weighted by molar-refractivity contribution is 0.255. The summed E-state index contributed by atoms with van der Waals surface area (Å²) in [7, 11) is -3.94. The standard InChI is InChI=1S/C19H23N3O4S2/c1-19(2,3)27(24)21-16(13-23)18-11-14-12-20-10-9-17(14)22(18)28(25,26)15-7-5-4-6-8-15/h4-12,16,21,23H,13H2,1-3H3/t16-,27?/m1/s1. The highest BCUT2D eigenvalue weighted by Crippen LogP contribution is 2.30. The highest BCUT2D eigenvalue weighted by Gasteiger charge is 2.33. The Balaban J connectivity index is 2.20. The Bertz CT molecular complexity index is 1060. The largest absolute Gasteiger partial charge is 0.598 e. The van der Waals surface area contributed by atoms with Gasteiger partial charge in [0.15, 0.2) is 0 Å². The molecule has 0 aliphatic rings. The van der Waals surface area contributed by atoms with Gasteiger partial charge < -0.3 is 9.66 Å². The SMILES string of the molecule is CC(C)(C)[S+]([O-])N[C@H](CO)c1cc2cnccc2n1S(=O)(=O)c1ccccc1. The molecule has 0 amide bonds. The third-order valence-electron chi connectivity index (χ3n) is 4.21. The van der Waals surface area contributed by atoms with E-state index in [2.05, 4.69) is 9.71 Å². The fourth-order valence-corrected chi connectivity index (χ4v) is 5.16. The molecule has 2 aromatic heterocycles. The number of hydrogen-bond donors (Lipinski definition) is 2. The van der Waals surface area contributed by atoms with Crippen molar-refractivity contribution in [3.8, 4) is 0 Å². The Morgan fingerprint density at radius 2 is 1.93 bits per heavy atom. The van der Waals surface area contributed by atoms with Gasteiger partial charge in [0.05, 0.1) is 22.7 Å². The molecule has 0 saturated heterocycles. The summed E-state index contributed by atoms with van der Waals surface area (Å²) in [6, 6.07) is 10.5. The minimum Gasteiger partial charge on any atom is -0.598 e. The Kier molecular flexibility index (Phi) is 5.83. The molecule has 150 valence electrons. The van der Waals surface area contributed by atoms with Crippen LogP contribution in [0.15, 0.2) is 59.8 Å². The van der Waals surface area contributed by atoms with Gasteiger partial charge in [0, 0.05) is 29.1 Å². The van der Waals surface area contributed by atoms with Crippen LogP contribution in [-0.2, 0) is 21.4 Å². The Morgan fingerprint density at radius 1 is 1.25 bits per heavy atom. The summed E-state index contributed by atoms with van der Waals surface area (Å²) in [6.07, 6.45) is 3.07. The van der Waals surface area contributed by atoms with Crippen molar-refractivity contribution >= 4 is 32.3 Å². The first-order valence-corrected chi connectivity index (χ1v) is 11.3. The lowest BCUT2D eigenvalue weighted by Crippen LogP contribution is -2.43. The molecule has 1 aromatic carbocycles. The van der Waals surface area contributed by atoms with Crippen LogP contribution in [0.4, 0.5) is 0 Å². The number of aliphatic hydroxyl groups excluding tert-OH is 1. The van der Waals surface area contributed by atoms with Gasteiger partial charge in [-0.25, -0.2) is 12.4 Å². The summed E-state index contributed by atoms with van der Waals surface area (Å²) in [5, 5.41) is 10.6. The summed E-state index contributed by atoms with van der Waals surface area (Å²) in [6.45, 7) is 4.97. The number of aromatic nitrogens is 2. The molecule has 0 aliphatic carbocycles. The van der Waals surface area contributed by atoms with E-state index in [1.807, 2.05) is 0 Å². The molecule has 1 unspecified atom stereocenters. The molecule has 9 heteroatoms. The van der Waals surface area contributed by atoms with Crippen LogP contribution < -0.4 is 4.72 Å². The first kappa shape index (κ1) is 20.8. The Morgan fingerprint density at radius 3 is 2.54 bits per heavy atom. The zero-order valence-corrected chi connectivity index (χ0v) is 17.5. The van der Waals surface area contributed by atoms with Gasteiger partial charge in [0.25, 0.3) is 10.0 Å². The molecule has 2 atom stereocenters. The van der Waals surface area contributed by atoms with Crippen LogP contribution >= 0.6 is 0 Å². The van der Waals surface area contributed by atoms with Gasteiger partial charge in [-0.2, -0.15) is 0 Å². The summed E-state index contributed by atoms with van der Waals surface area (Å²) in [5.74, 6) is 0. The maximum Gasteiger partial charge on any atom is 0.268 e. The normalized spacial score (nSPS) is 14.9. The highest BCUT2D eigenvalue weighted by atomic mass is 32.2. The summed E-state index contributed by atoms with van der Waals surface area (Å²) < 4.78 is 42.8. The van der Waals surface area contributed by atoms with Gasteiger partial charge in [-0.1, -0.05) is 18.2 Å². The highest BCUT2D eigenvalue weighted by molar-refractivity contribution is 7.91. The zero-order valence-electron chi connectivity index (χ0n) is 15.9. The summed E-state index contributed by atoms with van der Waals surface area (Å²) in [4.78, 5) is 4.18. The number of hydrogen-bond acceptors (Lipinski definition) is 6. The lowest BCUT2D eigenvalue weighted by Gasteiger charge is -2.27. The van der Waals surface area contributed by atoms with Gasteiger partial charge >= 0.3 is 0 Å². The summed E-state index contributed by atoms with van der Waals surface area (Å²) in [5.41, 5.74) is 0.739. The third-order valence-corrected chi connectivity index (χ3v) is 7.58. The van der Waals surface area contributed by atoms with Crippen LogP contribution in [0.2, 0.25) is 0 Å². The van der Waals surface area contributed by atoms with Crippen molar-refractivity contribution in [1.29, 1.82) is 0 Å². The van der Waals surface area contributed by atoms with E-state index >= 15 is 0 Å². The van der Waals surface area contributed by atoms with Crippen molar-refractivity contribution in [2.24, 2.45) is 0 Å². The van der Waals surface area contributed by atoms with Crippen molar-refractivity contribution in [1.82, 2.24) is 13.7 Å². The molecule has 0 bridgehead atoms. The van der Waals surface area contributed by atoms with Gasteiger partial charge in [-0.15, -0.1) is 4.72 Å². The van der Waals surface area contributed by atoms with Crippen molar-refractivity contribution in [2.75, 3.05) is 6.61 Å². The quantitative estimate of drug-likeness (QED) is 0.592. The van der Waals surface area contributed by atoms with Crippen LogP contribution in [0.1, 0.15) is 32.5 Å². The van der Waals surface area contributed by atoms with E-state index in [-0.39, 0.29) is 4.90 Å². The Hall–Kier alpha value is -1.91. The number of pyridine rings is 1. The smallest absolute Gasteiger partial charge is 0.268 e. The molecule has 0 saturated carbocycles. The number of aliphatic hydroxyl groups is 1. The van der Waals surface area contributed by atoms with Gasteiger partial charge in [-0.05, 0) is 45.0 Å². The molecule has 0 fully saturated rings. The molecule has 0 aliphatic heterocycles. The van der Waals surface area contributed by atoms with E-state index in [1.54, 1.807) is 57.3 Å². The molecule has 0 spiro atoms. The average Bonchev–Trinajstić information content (AvgIpc) is 3.05. The molecular formula is C19H23N3O4S2. The second-order valence-corrected chi connectivity index (χ2v) is 11.1. The van der Waals surface area contributed by atoms with Crippen molar-refractivity contribution in [3.63, 3.8) is 0 Å². The van der Waals surface area contributed by atoms with Crippen LogP contribution in [0.3, 0.4) is 0 Å². The third kappa shape index (κ3) is 3.94. The topological polar surface area (TPSA) is 107 Å². The van der Waals surface area contributed by atoms with Crippen LogP contribution in [-0.4, -0.2) is 38.4 Å². The second kappa shape index (κ2) is 7.84. The maximum atomic E-state index is 13.4. The van der Waals surface area contributed by atoms with Crippen LogP contribution in [0.25, 0.3) is 10.9 Å². The minimum absolute atomic E-state index is 0.124. The number of nitrogens with zero attached hydrogens (tertiary/aromatic N) is 2. The molecule has 2 heterocycles. The molecule has 28 heavy (non-hydrogen) atoms. The molecular weight excluding hydrogens is 398 g/mol. The van der Waals surface area contributed by atoms with Gasteiger partial charge in [0.1, 0.15) is 10.8 Å². The first-order valence-electron chi connectivity index (χ1n) is 8.71. The van der Waals surface area contributed by atoms with E-state index in [4.69, 9.17) is 0 Å². The molecule has 0 radical (unpaired) electrons. The summed E-state index contributed by atoms with van der Waals surface area (Å²) >= 11 is -1.50. The van der Waals surface area contributed by atoms with E-state index in [0.717, 1.165) is 0 Å². The van der Waals surface area contributed by atoms with E-state index in [0.29, 0.717) is 16.6 Å². The van der Waals surface area contributed by atoms with Gasteiger partial charge in [-0.3, -0.25) is 4.98 Å². The lowest BCUT2D eigenvalue weighted by atomic mass is 10.2. The number of benzene rings is 1. The molecule has 2 N–H and O–H groups in total. The minimum atomic E-state index is -3.94. The molecule has 3 aromatic rings. The predicted molar refractivity (Wildman–Crippen MR) is 110 cm³/mol. The number of nitrogens with one attached hydrogen (secondary N) is 1. The van der Waals surface area contributed by atoms with E-state index in [9.17, 15) is 18.1 Å². The van der Waals surface area contributed by atoms with Gasteiger partial charge in [0.2, 0.25) is 0 Å². The number of rotatable bonds is 6. The average molecular weight is 422 g/mol. The van der Waals surface area contributed by atoms with Crippen molar-refractivity contribution in [3.05, 3.63) is 60.6 Å². The maximum absolute atomic E-state index is 13.4. The zero-order chi connectivity index (χ0) is 20.5. The van der Waals surface area contributed by atoms with Crippen LogP contribution in [0, 0.1) is 0 Å². The van der Waals surface area contributed by atoms with Crippen molar-refractivity contribution in [2.45, 2.75) is 36.5 Å². The Labute approximate surface area is 167 Å². The van der Waals surface area contributed by atoms with E-state index in [1.165, 1.54) is 22.3 Å².